The van der Waals surface area contributed by atoms with Crippen molar-refractivity contribution < 1.29 is 9.53 Å². The third kappa shape index (κ3) is 4.11. The highest BCUT2D eigenvalue weighted by Crippen LogP contribution is 2.22. The number of ether oxygens (including phenoxy) is 1. The number of pyridine rings is 1. The number of carbonyl (C=O) groups excluding carboxylic acids is 1. The maximum atomic E-state index is 12.2. The molecular formula is C16H17ClN4O3. The van der Waals surface area contributed by atoms with Gasteiger partial charge in [0.1, 0.15) is 11.1 Å². The summed E-state index contributed by atoms with van der Waals surface area (Å²) in [6, 6.07) is 3.56. The van der Waals surface area contributed by atoms with E-state index in [-0.39, 0.29) is 23.1 Å². The van der Waals surface area contributed by atoms with Gasteiger partial charge in [0.25, 0.3) is 11.5 Å². The highest BCUT2D eigenvalue weighted by atomic mass is 35.5. The van der Waals surface area contributed by atoms with Crippen LogP contribution >= 0.6 is 11.6 Å². The van der Waals surface area contributed by atoms with Gasteiger partial charge in [-0.25, -0.2) is 9.97 Å². The second-order valence-corrected chi connectivity index (χ2v) is 6.07. The molecule has 0 bridgehead atoms. The summed E-state index contributed by atoms with van der Waals surface area (Å²) < 4.78 is 5.73. The first-order chi connectivity index (χ1) is 11.6. The van der Waals surface area contributed by atoms with Gasteiger partial charge in [0.05, 0.1) is 5.56 Å². The molecule has 0 aliphatic heterocycles. The van der Waals surface area contributed by atoms with Gasteiger partial charge in [-0.05, 0) is 37.8 Å². The lowest BCUT2D eigenvalue weighted by Crippen LogP contribution is -2.40. The summed E-state index contributed by atoms with van der Waals surface area (Å²) in [6.45, 7) is 0. The van der Waals surface area contributed by atoms with Gasteiger partial charge in [0.15, 0.2) is 0 Å². The molecule has 2 aromatic rings. The first-order valence-corrected chi connectivity index (χ1v) is 8.12. The van der Waals surface area contributed by atoms with E-state index in [1.807, 2.05) is 0 Å². The topological polar surface area (TPSA) is 97.0 Å². The van der Waals surface area contributed by atoms with Crippen molar-refractivity contribution in [1.29, 1.82) is 0 Å². The van der Waals surface area contributed by atoms with Gasteiger partial charge in [0, 0.05) is 24.6 Å². The number of aromatic nitrogens is 3. The fourth-order valence-electron chi connectivity index (χ4n) is 2.68. The summed E-state index contributed by atoms with van der Waals surface area (Å²) in [5.74, 6) is -0.246. The zero-order valence-electron chi connectivity index (χ0n) is 12.9. The number of aromatic amines is 1. The van der Waals surface area contributed by atoms with Gasteiger partial charge < -0.3 is 15.0 Å². The van der Waals surface area contributed by atoms with E-state index in [0.717, 1.165) is 25.7 Å². The maximum absolute atomic E-state index is 12.2. The van der Waals surface area contributed by atoms with Gasteiger partial charge in [-0.3, -0.25) is 9.59 Å². The van der Waals surface area contributed by atoms with Gasteiger partial charge in [-0.15, -0.1) is 0 Å². The Bertz CT molecular complexity index is 757. The first kappa shape index (κ1) is 16.4. The van der Waals surface area contributed by atoms with E-state index >= 15 is 0 Å². The molecule has 0 atom stereocenters. The van der Waals surface area contributed by atoms with Crippen molar-refractivity contribution in [3.05, 3.63) is 51.7 Å². The lowest BCUT2D eigenvalue weighted by Gasteiger charge is -2.28. The predicted octanol–water partition coefficient (Wildman–Crippen LogP) is 1.94. The van der Waals surface area contributed by atoms with Crippen LogP contribution in [-0.2, 0) is 0 Å². The average Bonchev–Trinajstić information content (AvgIpc) is 2.60. The fraction of sp³-hybridized carbons (Fsp3) is 0.375. The minimum Gasteiger partial charge on any atom is -0.460 e. The van der Waals surface area contributed by atoms with Crippen LogP contribution in [0.4, 0.5) is 0 Å². The molecule has 0 aromatic carbocycles. The number of hydrogen-bond acceptors (Lipinski definition) is 5. The van der Waals surface area contributed by atoms with Crippen LogP contribution in [0.2, 0.25) is 5.02 Å². The van der Waals surface area contributed by atoms with Crippen LogP contribution < -0.4 is 15.6 Å². The molecule has 0 saturated heterocycles. The van der Waals surface area contributed by atoms with Crippen LogP contribution in [0.5, 0.6) is 6.01 Å². The molecule has 24 heavy (non-hydrogen) atoms. The summed E-state index contributed by atoms with van der Waals surface area (Å²) in [5, 5.41) is 2.96. The summed E-state index contributed by atoms with van der Waals surface area (Å²) >= 11 is 5.74. The maximum Gasteiger partial charge on any atom is 0.316 e. The number of hydrogen-bond donors (Lipinski definition) is 2. The van der Waals surface area contributed by atoms with Gasteiger partial charge in [-0.2, -0.15) is 0 Å². The monoisotopic (exact) mass is 348 g/mol. The third-order valence-electron chi connectivity index (χ3n) is 3.94. The number of carbonyl (C=O) groups is 1. The molecule has 8 heteroatoms. The zero-order chi connectivity index (χ0) is 16.9. The van der Waals surface area contributed by atoms with Crippen LogP contribution in [-0.4, -0.2) is 33.0 Å². The zero-order valence-corrected chi connectivity index (χ0v) is 13.6. The SMILES string of the molecule is O=C(NC1CCC(Oc2ncccn2)CC1)c1c[nH]c(=O)c(Cl)c1. The van der Waals surface area contributed by atoms with Crippen LogP contribution in [0.15, 0.2) is 35.5 Å². The number of rotatable bonds is 4. The van der Waals surface area contributed by atoms with E-state index in [1.54, 1.807) is 18.5 Å². The Hall–Kier alpha value is -2.41. The molecule has 2 heterocycles. The minimum absolute atomic E-state index is 0.00243. The molecule has 2 N–H and O–H groups in total. The number of nitrogens with one attached hydrogen (secondary N) is 2. The molecule has 1 fully saturated rings. The van der Waals surface area contributed by atoms with Crippen LogP contribution in [0.25, 0.3) is 0 Å². The van der Waals surface area contributed by atoms with E-state index in [9.17, 15) is 9.59 Å². The third-order valence-corrected chi connectivity index (χ3v) is 4.22. The molecule has 2 aromatic heterocycles. The lowest BCUT2D eigenvalue weighted by atomic mass is 9.93. The second-order valence-electron chi connectivity index (χ2n) is 5.66. The molecule has 7 nitrogen and oxygen atoms in total. The smallest absolute Gasteiger partial charge is 0.316 e. The average molecular weight is 349 g/mol. The molecule has 3 rings (SSSR count). The largest absolute Gasteiger partial charge is 0.460 e. The van der Waals surface area contributed by atoms with E-state index in [1.165, 1.54) is 12.3 Å². The summed E-state index contributed by atoms with van der Waals surface area (Å²) in [4.78, 5) is 34.0. The van der Waals surface area contributed by atoms with E-state index in [4.69, 9.17) is 16.3 Å². The van der Waals surface area contributed by atoms with Gasteiger partial charge >= 0.3 is 6.01 Å². The highest BCUT2D eigenvalue weighted by Gasteiger charge is 2.24. The lowest BCUT2D eigenvalue weighted by molar-refractivity contribution is 0.0885. The van der Waals surface area contributed by atoms with Gasteiger partial charge in [0.2, 0.25) is 0 Å². The first-order valence-electron chi connectivity index (χ1n) is 7.74. The Labute approximate surface area is 143 Å². The normalized spacial score (nSPS) is 20.4. The van der Waals surface area contributed by atoms with Crippen molar-refractivity contribution >= 4 is 17.5 Å². The van der Waals surface area contributed by atoms with Gasteiger partial charge in [-0.1, -0.05) is 11.6 Å². The van der Waals surface area contributed by atoms with Crippen LogP contribution in [0.1, 0.15) is 36.0 Å². The minimum atomic E-state index is -0.408. The standard InChI is InChI=1S/C16H17ClN4O3/c17-13-8-10(9-20-15(13)23)14(22)21-11-2-4-12(5-3-11)24-16-18-6-1-7-19-16/h1,6-9,11-12H,2-5H2,(H,20,23)(H,21,22). The molecule has 1 aliphatic carbocycles. The van der Waals surface area contributed by atoms with Crippen molar-refractivity contribution in [2.45, 2.75) is 37.8 Å². The molecule has 0 radical (unpaired) electrons. The Kier molecular flexibility index (Phi) is 5.10. The molecular weight excluding hydrogens is 332 g/mol. The molecule has 1 saturated carbocycles. The summed E-state index contributed by atoms with van der Waals surface area (Å²) in [5.41, 5.74) is -0.0651. The second kappa shape index (κ2) is 7.44. The Morgan fingerprint density at radius 2 is 1.96 bits per heavy atom. The van der Waals surface area contributed by atoms with Crippen molar-refractivity contribution in [1.82, 2.24) is 20.3 Å². The number of halogens is 1. The van der Waals surface area contributed by atoms with E-state index in [0.29, 0.717) is 11.6 Å². The number of H-pyrrole nitrogens is 1. The van der Waals surface area contributed by atoms with E-state index in [2.05, 4.69) is 20.3 Å². The molecule has 0 unspecified atom stereocenters. The van der Waals surface area contributed by atoms with E-state index < -0.39 is 5.56 Å². The Morgan fingerprint density at radius 1 is 1.25 bits per heavy atom. The quantitative estimate of drug-likeness (QED) is 0.880. The molecule has 1 aliphatic rings. The highest BCUT2D eigenvalue weighted by molar-refractivity contribution is 6.30. The number of amides is 1. The van der Waals surface area contributed by atoms with Crippen molar-refractivity contribution in [3.63, 3.8) is 0 Å². The Morgan fingerprint density at radius 3 is 2.62 bits per heavy atom. The fourth-order valence-corrected chi connectivity index (χ4v) is 2.85. The number of nitrogens with zero attached hydrogens (tertiary/aromatic N) is 2. The predicted molar refractivity (Wildman–Crippen MR) is 88.2 cm³/mol. The summed E-state index contributed by atoms with van der Waals surface area (Å²) in [6.07, 6.45) is 7.95. The van der Waals surface area contributed by atoms with Crippen molar-refractivity contribution in [2.24, 2.45) is 0 Å². The molecule has 0 spiro atoms. The Balaban J connectivity index is 1.50. The molecule has 126 valence electrons. The van der Waals surface area contributed by atoms with Crippen molar-refractivity contribution in [2.75, 3.05) is 0 Å². The van der Waals surface area contributed by atoms with Crippen LogP contribution in [0, 0.1) is 0 Å². The summed E-state index contributed by atoms with van der Waals surface area (Å²) in [7, 11) is 0. The molecule has 1 amide bonds. The van der Waals surface area contributed by atoms with Crippen molar-refractivity contribution in [3.8, 4) is 6.01 Å². The van der Waals surface area contributed by atoms with Crippen LogP contribution in [0.3, 0.4) is 0 Å².